The Morgan fingerprint density at radius 1 is 1.30 bits per heavy atom. The molecule has 2 rings (SSSR count). The Morgan fingerprint density at radius 2 is 2.05 bits per heavy atom. The smallest absolute Gasteiger partial charge is 0.240 e. The average Bonchev–Trinajstić information content (AvgIpc) is 2.89. The maximum absolute atomic E-state index is 11.9. The monoisotopic (exact) mass is 296 g/mol. The first kappa shape index (κ1) is 15.3. The lowest BCUT2D eigenvalue weighted by Crippen LogP contribution is -2.20. The van der Waals surface area contributed by atoms with Crippen LogP contribution in [0.3, 0.4) is 0 Å². The second-order valence-electron chi connectivity index (χ2n) is 5.61. The molecule has 2 atom stereocenters. The molecule has 112 valence electrons. The minimum atomic E-state index is -3.38. The van der Waals surface area contributed by atoms with Gasteiger partial charge in [0.05, 0.1) is 4.90 Å². The highest BCUT2D eigenvalue weighted by Crippen LogP contribution is 2.31. The molecule has 20 heavy (non-hydrogen) atoms. The molecule has 0 radical (unpaired) electrons. The number of aryl methyl sites for hydroxylation is 1. The lowest BCUT2D eigenvalue weighted by molar-refractivity contribution is 0.525. The maximum Gasteiger partial charge on any atom is 0.240 e. The molecule has 1 saturated carbocycles. The molecule has 0 saturated heterocycles. The fourth-order valence-corrected chi connectivity index (χ4v) is 3.59. The van der Waals surface area contributed by atoms with Crippen molar-refractivity contribution >= 4 is 15.7 Å². The highest BCUT2D eigenvalue weighted by molar-refractivity contribution is 7.89. The highest BCUT2D eigenvalue weighted by atomic mass is 32.2. The zero-order valence-electron chi connectivity index (χ0n) is 12.4. The molecule has 0 spiro atoms. The van der Waals surface area contributed by atoms with Gasteiger partial charge < -0.3 is 5.32 Å². The van der Waals surface area contributed by atoms with Crippen molar-refractivity contribution in [3.8, 4) is 0 Å². The van der Waals surface area contributed by atoms with E-state index in [9.17, 15) is 8.42 Å². The molecule has 0 heterocycles. The van der Waals surface area contributed by atoms with Crippen LogP contribution >= 0.6 is 0 Å². The van der Waals surface area contributed by atoms with Gasteiger partial charge >= 0.3 is 0 Å². The molecule has 2 unspecified atom stereocenters. The Balaban J connectivity index is 2.18. The molecule has 1 aromatic rings. The Hall–Kier alpha value is -1.07. The van der Waals surface area contributed by atoms with Crippen molar-refractivity contribution in [3.05, 3.63) is 23.8 Å². The molecule has 5 heteroatoms. The summed E-state index contributed by atoms with van der Waals surface area (Å²) in [5.74, 6) is 0.803. The van der Waals surface area contributed by atoms with Gasteiger partial charge in [-0.15, -0.1) is 0 Å². The third-order valence-electron chi connectivity index (χ3n) is 4.27. The summed E-state index contributed by atoms with van der Waals surface area (Å²) in [6.45, 7) is 4.24. The van der Waals surface area contributed by atoms with Crippen LogP contribution in [0.5, 0.6) is 0 Å². The SMILES string of the molecule is CCC1CCC(Nc2cc(S(=O)(=O)NC)ccc2C)C1. The van der Waals surface area contributed by atoms with Gasteiger partial charge in [-0.3, -0.25) is 0 Å². The Morgan fingerprint density at radius 3 is 2.65 bits per heavy atom. The molecule has 0 aliphatic heterocycles. The van der Waals surface area contributed by atoms with Crippen molar-refractivity contribution in [1.82, 2.24) is 4.72 Å². The van der Waals surface area contributed by atoms with Crippen LogP contribution in [-0.2, 0) is 10.0 Å². The minimum absolute atomic E-state index is 0.318. The maximum atomic E-state index is 11.9. The summed E-state index contributed by atoms with van der Waals surface area (Å²) in [5.41, 5.74) is 2.02. The summed E-state index contributed by atoms with van der Waals surface area (Å²) >= 11 is 0. The van der Waals surface area contributed by atoms with Gasteiger partial charge in [0, 0.05) is 11.7 Å². The van der Waals surface area contributed by atoms with Crippen LogP contribution in [0.4, 0.5) is 5.69 Å². The zero-order chi connectivity index (χ0) is 14.8. The summed E-state index contributed by atoms with van der Waals surface area (Å²) in [7, 11) is -1.94. The van der Waals surface area contributed by atoms with Crippen LogP contribution in [0, 0.1) is 12.8 Å². The van der Waals surface area contributed by atoms with Gasteiger partial charge in [0.25, 0.3) is 0 Å². The van der Waals surface area contributed by atoms with Crippen LogP contribution in [0.25, 0.3) is 0 Å². The first-order valence-electron chi connectivity index (χ1n) is 7.27. The summed E-state index contributed by atoms with van der Waals surface area (Å²) in [6.07, 6.45) is 4.84. The van der Waals surface area contributed by atoms with Crippen molar-refractivity contribution in [2.75, 3.05) is 12.4 Å². The largest absolute Gasteiger partial charge is 0.382 e. The summed E-state index contributed by atoms with van der Waals surface area (Å²) in [6, 6.07) is 5.71. The Kier molecular flexibility index (Phi) is 4.70. The average molecular weight is 296 g/mol. The first-order valence-corrected chi connectivity index (χ1v) is 8.75. The second-order valence-corrected chi connectivity index (χ2v) is 7.50. The van der Waals surface area contributed by atoms with Crippen LogP contribution in [0.2, 0.25) is 0 Å². The predicted molar refractivity (Wildman–Crippen MR) is 82.5 cm³/mol. The zero-order valence-corrected chi connectivity index (χ0v) is 13.3. The summed E-state index contributed by atoms with van der Waals surface area (Å²) in [4.78, 5) is 0.318. The van der Waals surface area contributed by atoms with E-state index in [0.29, 0.717) is 10.9 Å². The number of nitrogens with one attached hydrogen (secondary N) is 2. The van der Waals surface area contributed by atoms with E-state index in [1.165, 1.54) is 32.7 Å². The van der Waals surface area contributed by atoms with Gasteiger partial charge in [-0.1, -0.05) is 19.4 Å². The Labute approximate surface area is 122 Å². The molecule has 0 amide bonds. The van der Waals surface area contributed by atoms with E-state index in [4.69, 9.17) is 0 Å². The molecule has 1 aliphatic carbocycles. The minimum Gasteiger partial charge on any atom is -0.382 e. The quantitative estimate of drug-likeness (QED) is 0.878. The van der Waals surface area contributed by atoms with E-state index in [1.54, 1.807) is 12.1 Å². The molecule has 0 bridgehead atoms. The highest BCUT2D eigenvalue weighted by Gasteiger charge is 2.23. The van der Waals surface area contributed by atoms with Crippen molar-refractivity contribution in [2.24, 2.45) is 5.92 Å². The van der Waals surface area contributed by atoms with E-state index in [2.05, 4.69) is 17.0 Å². The predicted octanol–water partition coefficient (Wildman–Crippen LogP) is 2.89. The molecular weight excluding hydrogens is 272 g/mol. The van der Waals surface area contributed by atoms with Gasteiger partial charge in [0.15, 0.2) is 0 Å². The third kappa shape index (κ3) is 3.33. The van der Waals surface area contributed by atoms with Crippen LogP contribution in [-0.4, -0.2) is 21.5 Å². The topological polar surface area (TPSA) is 58.2 Å². The van der Waals surface area contributed by atoms with Crippen molar-refractivity contribution < 1.29 is 8.42 Å². The standard InChI is InChI=1S/C15H24N2O2S/c1-4-12-6-7-13(9-12)17-15-10-14(8-5-11(15)2)20(18,19)16-3/h5,8,10,12-13,16-17H,4,6-7,9H2,1-3H3. The fourth-order valence-electron chi connectivity index (χ4n) is 2.84. The van der Waals surface area contributed by atoms with E-state index in [-0.39, 0.29) is 0 Å². The third-order valence-corrected chi connectivity index (χ3v) is 5.68. The van der Waals surface area contributed by atoms with Gasteiger partial charge in [0.2, 0.25) is 10.0 Å². The van der Waals surface area contributed by atoms with E-state index < -0.39 is 10.0 Å². The number of anilines is 1. The molecular formula is C15H24N2O2S. The van der Waals surface area contributed by atoms with Gasteiger partial charge in [-0.2, -0.15) is 0 Å². The molecule has 2 N–H and O–H groups in total. The second kappa shape index (κ2) is 6.14. The lowest BCUT2D eigenvalue weighted by atomic mass is 10.1. The van der Waals surface area contributed by atoms with Gasteiger partial charge in [-0.25, -0.2) is 13.1 Å². The number of hydrogen-bond donors (Lipinski definition) is 2. The van der Waals surface area contributed by atoms with E-state index >= 15 is 0 Å². The lowest BCUT2D eigenvalue weighted by Gasteiger charge is -2.17. The molecule has 1 aliphatic rings. The Bertz CT molecular complexity index is 569. The summed E-state index contributed by atoms with van der Waals surface area (Å²) < 4.78 is 26.1. The fraction of sp³-hybridized carbons (Fsp3) is 0.600. The molecule has 1 fully saturated rings. The van der Waals surface area contributed by atoms with E-state index in [0.717, 1.165) is 17.2 Å². The van der Waals surface area contributed by atoms with Crippen LogP contribution in [0.15, 0.2) is 23.1 Å². The number of benzene rings is 1. The van der Waals surface area contributed by atoms with Gasteiger partial charge in [0.1, 0.15) is 0 Å². The first-order chi connectivity index (χ1) is 9.46. The molecule has 1 aromatic carbocycles. The summed E-state index contributed by atoms with van der Waals surface area (Å²) in [5, 5.41) is 3.52. The van der Waals surface area contributed by atoms with Gasteiger partial charge in [-0.05, 0) is 56.8 Å². The molecule has 4 nitrogen and oxygen atoms in total. The van der Waals surface area contributed by atoms with Crippen LogP contribution < -0.4 is 10.0 Å². The van der Waals surface area contributed by atoms with Crippen molar-refractivity contribution in [3.63, 3.8) is 0 Å². The van der Waals surface area contributed by atoms with Crippen molar-refractivity contribution in [1.29, 1.82) is 0 Å². The number of hydrogen-bond acceptors (Lipinski definition) is 3. The number of rotatable bonds is 5. The van der Waals surface area contributed by atoms with E-state index in [1.807, 2.05) is 13.0 Å². The number of sulfonamides is 1. The normalized spacial score (nSPS) is 22.9. The van der Waals surface area contributed by atoms with Crippen molar-refractivity contribution in [2.45, 2.75) is 50.5 Å². The molecule has 0 aromatic heterocycles. The van der Waals surface area contributed by atoms with Crippen LogP contribution in [0.1, 0.15) is 38.2 Å².